The number of hydrogen-bond donors (Lipinski definition) is 4. The summed E-state index contributed by atoms with van der Waals surface area (Å²) < 4.78 is 28.5. The van der Waals surface area contributed by atoms with Crippen LogP contribution in [0.4, 0.5) is 4.79 Å². The zero-order valence-corrected chi connectivity index (χ0v) is 28.2. The first-order chi connectivity index (χ1) is 20.6. The summed E-state index contributed by atoms with van der Waals surface area (Å²) in [6.07, 6.45) is 0.376. The molecule has 0 unspecified atom stereocenters. The van der Waals surface area contributed by atoms with Crippen molar-refractivity contribution < 1.29 is 43.2 Å². The lowest BCUT2D eigenvalue weighted by Crippen LogP contribution is -2.45. The van der Waals surface area contributed by atoms with Gasteiger partial charge in [0.15, 0.2) is 24.3 Å². The van der Waals surface area contributed by atoms with Crippen LogP contribution in [0.1, 0.15) is 37.9 Å². The van der Waals surface area contributed by atoms with Crippen molar-refractivity contribution >= 4 is 69.4 Å². The SMILES string of the molecule is CCOC(=O)COc1c(I)cc(/C=N\N[C@H](O)COc2ccc([C@H]3NC(=O)NC(C)=C3C(=O)OC)cc2OCC)cc1I. The quantitative estimate of drug-likeness (QED) is 0.0731. The maximum atomic E-state index is 12.4. The zero-order valence-electron chi connectivity index (χ0n) is 23.9. The number of hydrazone groups is 1. The van der Waals surface area contributed by atoms with Crippen LogP contribution in [0.25, 0.3) is 0 Å². The van der Waals surface area contributed by atoms with Crippen LogP contribution < -0.4 is 30.3 Å². The Morgan fingerprint density at radius 1 is 1.09 bits per heavy atom. The molecule has 0 aromatic heterocycles. The van der Waals surface area contributed by atoms with Crippen molar-refractivity contribution in [2.24, 2.45) is 5.10 Å². The molecule has 0 saturated heterocycles. The molecule has 0 aliphatic carbocycles. The number of aliphatic hydroxyl groups is 1. The predicted molar refractivity (Wildman–Crippen MR) is 173 cm³/mol. The van der Waals surface area contributed by atoms with Crippen molar-refractivity contribution in [3.63, 3.8) is 0 Å². The van der Waals surface area contributed by atoms with E-state index in [4.69, 9.17) is 23.7 Å². The fraction of sp³-hybridized carbons (Fsp3) is 0.357. The summed E-state index contributed by atoms with van der Waals surface area (Å²) in [5.41, 5.74) is 4.58. The van der Waals surface area contributed by atoms with Gasteiger partial charge in [0, 0.05) is 5.70 Å². The van der Waals surface area contributed by atoms with Crippen LogP contribution in [0.2, 0.25) is 0 Å². The lowest BCUT2D eigenvalue weighted by molar-refractivity contribution is -0.145. The maximum absolute atomic E-state index is 12.4. The molecule has 13 nitrogen and oxygen atoms in total. The van der Waals surface area contributed by atoms with E-state index >= 15 is 0 Å². The molecule has 0 saturated carbocycles. The number of hydrogen-bond acceptors (Lipinski definition) is 11. The Balaban J connectivity index is 1.64. The topological polar surface area (TPSA) is 166 Å². The smallest absolute Gasteiger partial charge is 0.344 e. The van der Waals surface area contributed by atoms with E-state index in [1.807, 2.05) is 12.1 Å². The van der Waals surface area contributed by atoms with Gasteiger partial charge in [-0.1, -0.05) is 6.07 Å². The predicted octanol–water partition coefficient (Wildman–Crippen LogP) is 3.36. The van der Waals surface area contributed by atoms with E-state index in [1.54, 1.807) is 39.0 Å². The molecule has 0 spiro atoms. The number of methoxy groups -OCH3 is 1. The van der Waals surface area contributed by atoms with Crippen molar-refractivity contribution in [3.8, 4) is 17.2 Å². The normalized spacial score (nSPS) is 15.3. The number of nitrogens with zero attached hydrogens (tertiary/aromatic N) is 1. The lowest BCUT2D eigenvalue weighted by atomic mass is 9.95. The average Bonchev–Trinajstić information content (AvgIpc) is 2.95. The van der Waals surface area contributed by atoms with Crippen LogP contribution in [0.3, 0.4) is 0 Å². The third-order valence-corrected chi connectivity index (χ3v) is 7.37. The highest BCUT2D eigenvalue weighted by Crippen LogP contribution is 2.35. The molecule has 3 rings (SSSR count). The number of rotatable bonds is 14. The molecule has 0 fully saturated rings. The molecule has 15 heteroatoms. The Bertz CT molecular complexity index is 1380. The zero-order chi connectivity index (χ0) is 31.5. The summed E-state index contributed by atoms with van der Waals surface area (Å²) in [7, 11) is 1.27. The van der Waals surface area contributed by atoms with Gasteiger partial charge >= 0.3 is 18.0 Å². The van der Waals surface area contributed by atoms with E-state index in [0.717, 1.165) is 12.7 Å². The summed E-state index contributed by atoms with van der Waals surface area (Å²) in [5.74, 6) is 0.253. The molecule has 232 valence electrons. The number of carbonyl (C=O) groups excluding carboxylic acids is 3. The second-order valence-corrected chi connectivity index (χ2v) is 11.1. The first-order valence-electron chi connectivity index (χ1n) is 13.1. The fourth-order valence-corrected chi connectivity index (χ4v) is 6.07. The summed E-state index contributed by atoms with van der Waals surface area (Å²) in [6, 6.07) is 7.40. The number of allylic oxidation sites excluding steroid dienone is 1. The monoisotopic (exact) mass is 822 g/mol. The summed E-state index contributed by atoms with van der Waals surface area (Å²) in [6.45, 7) is 5.41. The Kier molecular flexibility index (Phi) is 13.1. The molecule has 1 aliphatic heterocycles. The second kappa shape index (κ2) is 16.5. The van der Waals surface area contributed by atoms with Gasteiger partial charge in [0.1, 0.15) is 12.4 Å². The van der Waals surface area contributed by atoms with Crippen LogP contribution in [0.5, 0.6) is 17.2 Å². The molecule has 1 aliphatic rings. The van der Waals surface area contributed by atoms with Gasteiger partial charge in [-0.05, 0) is 101 Å². The van der Waals surface area contributed by atoms with E-state index in [-0.39, 0.29) is 25.4 Å². The van der Waals surface area contributed by atoms with Crippen molar-refractivity contribution in [2.45, 2.75) is 33.0 Å². The summed E-state index contributed by atoms with van der Waals surface area (Å²) in [4.78, 5) is 36.1. The molecule has 0 bridgehead atoms. The molecule has 4 N–H and O–H groups in total. The van der Waals surface area contributed by atoms with Crippen LogP contribution in [-0.2, 0) is 19.1 Å². The van der Waals surface area contributed by atoms with Crippen molar-refractivity contribution in [1.29, 1.82) is 0 Å². The minimum absolute atomic E-state index is 0.164. The number of esters is 2. The van der Waals surface area contributed by atoms with Crippen molar-refractivity contribution in [2.75, 3.05) is 33.5 Å². The average molecular weight is 822 g/mol. The van der Waals surface area contributed by atoms with E-state index in [2.05, 4.69) is 66.3 Å². The Hall–Kier alpha value is -3.32. The first-order valence-corrected chi connectivity index (χ1v) is 15.2. The van der Waals surface area contributed by atoms with Gasteiger partial charge in [0.05, 0.1) is 45.3 Å². The van der Waals surface area contributed by atoms with Gasteiger partial charge in [-0.3, -0.25) is 5.43 Å². The van der Waals surface area contributed by atoms with Gasteiger partial charge in [0.25, 0.3) is 0 Å². The number of benzene rings is 2. The molecule has 0 radical (unpaired) electrons. The standard InChI is InChI=1S/C28H32I2N4O9/c1-5-40-21-11-17(25-24(27(37)39-4)15(3)32-28(38)33-25)7-8-20(21)42-13-22(35)34-31-12-16-9-18(29)26(19(30)10-16)43-14-23(36)41-6-2/h7-12,22,25,34-35H,5-6,13-14H2,1-4H3,(H2,32,33,38)/b31-12-/t22-,25-/m1/s1. The van der Waals surface area contributed by atoms with Crippen molar-refractivity contribution in [3.05, 3.63) is 59.9 Å². The van der Waals surface area contributed by atoms with E-state index in [9.17, 15) is 19.5 Å². The van der Waals surface area contributed by atoms with Gasteiger partial charge in [-0.25, -0.2) is 14.4 Å². The molecule has 43 heavy (non-hydrogen) atoms. The number of nitrogens with one attached hydrogen (secondary N) is 3. The number of carbonyl (C=O) groups is 3. The third kappa shape index (κ3) is 9.59. The van der Waals surface area contributed by atoms with Crippen molar-refractivity contribution in [1.82, 2.24) is 16.1 Å². The number of ether oxygens (including phenoxy) is 5. The number of aliphatic hydroxyl groups excluding tert-OH is 1. The molecule has 2 amide bonds. The van der Waals surface area contributed by atoms with Crippen LogP contribution in [0.15, 0.2) is 46.7 Å². The Morgan fingerprint density at radius 3 is 2.47 bits per heavy atom. The minimum atomic E-state index is -1.16. The van der Waals surface area contributed by atoms with Crippen LogP contribution in [0, 0.1) is 7.14 Å². The molecular formula is C28H32I2N4O9. The Morgan fingerprint density at radius 2 is 1.81 bits per heavy atom. The van der Waals surface area contributed by atoms with Gasteiger partial charge < -0.3 is 39.4 Å². The van der Waals surface area contributed by atoms with E-state index in [1.165, 1.54) is 13.3 Å². The van der Waals surface area contributed by atoms with E-state index < -0.39 is 30.2 Å². The largest absolute Gasteiger partial charge is 0.490 e. The maximum Gasteiger partial charge on any atom is 0.344 e. The summed E-state index contributed by atoms with van der Waals surface area (Å²) in [5, 5.41) is 19.8. The molecule has 2 aromatic carbocycles. The first kappa shape index (κ1) is 34.2. The summed E-state index contributed by atoms with van der Waals surface area (Å²) >= 11 is 4.21. The van der Waals surface area contributed by atoms with Crippen LogP contribution >= 0.6 is 45.2 Å². The molecule has 2 atom stereocenters. The lowest BCUT2D eigenvalue weighted by Gasteiger charge is -2.28. The fourth-order valence-electron chi connectivity index (χ4n) is 3.95. The van der Waals surface area contributed by atoms with Gasteiger partial charge in [-0.15, -0.1) is 0 Å². The second-order valence-electron chi connectivity index (χ2n) is 8.82. The molecule has 2 aromatic rings. The Labute approximate surface area is 276 Å². The van der Waals surface area contributed by atoms with Gasteiger partial charge in [0.2, 0.25) is 0 Å². The number of halogens is 2. The van der Waals surface area contributed by atoms with Crippen LogP contribution in [-0.4, -0.2) is 69.1 Å². The highest BCUT2D eigenvalue weighted by atomic mass is 127. The molecular weight excluding hydrogens is 790 g/mol. The van der Waals surface area contributed by atoms with Gasteiger partial charge in [-0.2, -0.15) is 5.10 Å². The number of amides is 2. The highest BCUT2D eigenvalue weighted by molar-refractivity contribution is 14.1. The molecule has 1 heterocycles. The van der Waals surface area contributed by atoms with E-state index in [0.29, 0.717) is 35.1 Å². The third-order valence-electron chi connectivity index (χ3n) is 5.77. The minimum Gasteiger partial charge on any atom is -0.490 e. The highest BCUT2D eigenvalue weighted by Gasteiger charge is 2.32. The number of urea groups is 1.